The van der Waals surface area contributed by atoms with Gasteiger partial charge in [0, 0.05) is 13.0 Å². The van der Waals surface area contributed by atoms with Gasteiger partial charge >= 0.3 is 0 Å². The average molecular weight is 365 g/mol. The van der Waals surface area contributed by atoms with Gasteiger partial charge in [0.2, 0.25) is 5.91 Å². The average Bonchev–Trinajstić information content (AvgIpc) is 2.63. The Bertz CT molecular complexity index is 752. The number of ether oxygens (including phenoxy) is 1. The van der Waals surface area contributed by atoms with E-state index in [0.717, 1.165) is 23.4 Å². The lowest BCUT2D eigenvalue weighted by Crippen LogP contribution is -2.25. The van der Waals surface area contributed by atoms with Crippen molar-refractivity contribution >= 4 is 24.0 Å². The highest BCUT2D eigenvalue weighted by molar-refractivity contribution is 5.91. The second kappa shape index (κ2) is 8.83. The molecule has 2 aromatic carbocycles. The van der Waals surface area contributed by atoms with E-state index in [9.17, 15) is 9.18 Å². The first-order chi connectivity index (χ1) is 11.7. The fraction of sp³-hybridized carbons (Fsp3) is 0.316. The summed E-state index contributed by atoms with van der Waals surface area (Å²) in [6.07, 6.45) is 1.47. The van der Waals surface area contributed by atoms with Crippen molar-refractivity contribution in [1.29, 1.82) is 0 Å². The normalized spacial score (nSPS) is 12.7. The van der Waals surface area contributed by atoms with Crippen LogP contribution in [-0.2, 0) is 24.2 Å². The van der Waals surface area contributed by atoms with Crippen molar-refractivity contribution in [2.75, 3.05) is 19.0 Å². The topological polar surface area (TPSA) is 50.4 Å². The third-order valence-corrected chi connectivity index (χ3v) is 4.30. The van der Waals surface area contributed by atoms with Crippen LogP contribution in [0.15, 0.2) is 36.4 Å². The van der Waals surface area contributed by atoms with Crippen molar-refractivity contribution in [2.45, 2.75) is 25.8 Å². The molecule has 1 aliphatic rings. The van der Waals surface area contributed by atoms with Crippen LogP contribution >= 0.6 is 12.4 Å². The number of carbonyl (C=O) groups excluding carboxylic acids is 1. The molecule has 1 amide bonds. The zero-order valence-corrected chi connectivity index (χ0v) is 14.9. The highest BCUT2D eigenvalue weighted by Gasteiger charge is 2.17. The molecular formula is C19H22ClFN2O2. The predicted molar refractivity (Wildman–Crippen MR) is 99.0 cm³/mol. The number of nitrogens with one attached hydrogen (secondary N) is 2. The summed E-state index contributed by atoms with van der Waals surface area (Å²) in [5.74, 6) is 0.256. The first-order valence-electron chi connectivity index (χ1n) is 8.11. The van der Waals surface area contributed by atoms with Crippen LogP contribution in [0.5, 0.6) is 5.75 Å². The number of benzene rings is 2. The molecule has 0 aromatic heterocycles. The number of hydrogen-bond donors (Lipinski definition) is 2. The minimum Gasteiger partial charge on any atom is -0.496 e. The van der Waals surface area contributed by atoms with E-state index in [0.29, 0.717) is 24.9 Å². The van der Waals surface area contributed by atoms with Crippen molar-refractivity contribution in [3.63, 3.8) is 0 Å². The third kappa shape index (κ3) is 4.50. The summed E-state index contributed by atoms with van der Waals surface area (Å²) in [6, 6.07) is 11.1. The summed E-state index contributed by atoms with van der Waals surface area (Å²) in [7, 11) is 1.61. The first-order valence-corrected chi connectivity index (χ1v) is 8.11. The number of fused-ring (bicyclic) bond motifs is 1. The molecule has 0 aliphatic carbocycles. The number of methoxy groups -OCH3 is 1. The lowest BCUT2D eigenvalue weighted by molar-refractivity contribution is -0.116. The van der Waals surface area contributed by atoms with Crippen LogP contribution < -0.4 is 15.4 Å². The maximum Gasteiger partial charge on any atom is 0.224 e. The van der Waals surface area contributed by atoms with E-state index in [2.05, 4.69) is 10.6 Å². The molecule has 0 fully saturated rings. The van der Waals surface area contributed by atoms with Crippen molar-refractivity contribution in [3.05, 3.63) is 58.9 Å². The monoisotopic (exact) mass is 364 g/mol. The Labute approximate surface area is 153 Å². The molecule has 1 aliphatic heterocycles. The third-order valence-electron chi connectivity index (χ3n) is 4.30. The molecule has 6 heteroatoms. The first kappa shape index (κ1) is 19.2. The molecule has 2 N–H and O–H groups in total. The molecule has 4 nitrogen and oxygen atoms in total. The summed E-state index contributed by atoms with van der Waals surface area (Å²) in [5, 5.41) is 5.90. The quantitative estimate of drug-likeness (QED) is 0.854. The van der Waals surface area contributed by atoms with Crippen LogP contribution in [0, 0.1) is 5.82 Å². The van der Waals surface area contributed by atoms with Gasteiger partial charge in [0.1, 0.15) is 11.6 Å². The lowest BCUT2D eigenvalue weighted by atomic mass is 9.99. The van der Waals surface area contributed by atoms with Gasteiger partial charge in [-0.15, -0.1) is 12.4 Å². The standard InChI is InChI=1S/C19H21FN2O2.ClH/c1-24-17-5-3-2-4-13(17)7-9-18(23)22-16-8-6-14-12-21-11-10-15(14)19(16)20;/h2-6,8,21H,7,9-12H2,1H3,(H,22,23);1H. The van der Waals surface area contributed by atoms with E-state index >= 15 is 0 Å². The van der Waals surface area contributed by atoms with Crippen molar-refractivity contribution < 1.29 is 13.9 Å². The number of aryl methyl sites for hydroxylation is 1. The van der Waals surface area contributed by atoms with E-state index < -0.39 is 0 Å². The lowest BCUT2D eigenvalue weighted by Gasteiger charge is -2.19. The molecule has 0 bridgehead atoms. The highest BCUT2D eigenvalue weighted by atomic mass is 35.5. The molecule has 1 heterocycles. The largest absolute Gasteiger partial charge is 0.496 e. The molecule has 0 atom stereocenters. The maximum absolute atomic E-state index is 14.5. The minimum absolute atomic E-state index is 0. The van der Waals surface area contributed by atoms with E-state index in [1.807, 2.05) is 30.3 Å². The summed E-state index contributed by atoms with van der Waals surface area (Å²) in [5.41, 5.74) is 2.90. The van der Waals surface area contributed by atoms with Gasteiger partial charge in [0.15, 0.2) is 0 Å². The molecule has 25 heavy (non-hydrogen) atoms. The second-order valence-corrected chi connectivity index (χ2v) is 5.85. The Kier molecular flexibility index (Phi) is 6.79. The van der Waals surface area contributed by atoms with Gasteiger partial charge in [-0.05, 0) is 48.2 Å². The Morgan fingerprint density at radius 2 is 2.08 bits per heavy atom. The molecule has 3 rings (SSSR count). The molecule has 0 saturated carbocycles. The number of para-hydroxylation sites is 1. The zero-order valence-electron chi connectivity index (χ0n) is 14.1. The van der Waals surface area contributed by atoms with Crippen molar-refractivity contribution in [2.24, 2.45) is 0 Å². The van der Waals surface area contributed by atoms with Crippen molar-refractivity contribution in [1.82, 2.24) is 5.32 Å². The SMILES string of the molecule is COc1ccccc1CCC(=O)Nc1ccc2c(c1F)CCNC2.Cl. The Morgan fingerprint density at radius 1 is 1.28 bits per heavy atom. The molecule has 0 radical (unpaired) electrons. The fourth-order valence-corrected chi connectivity index (χ4v) is 3.00. The number of carbonyl (C=O) groups is 1. The number of halogens is 2. The number of amides is 1. The molecule has 0 unspecified atom stereocenters. The number of hydrogen-bond acceptors (Lipinski definition) is 3. The van der Waals surface area contributed by atoms with Gasteiger partial charge in [0.05, 0.1) is 12.8 Å². The summed E-state index contributed by atoms with van der Waals surface area (Å²) in [6.45, 7) is 1.43. The fourth-order valence-electron chi connectivity index (χ4n) is 3.00. The van der Waals surface area contributed by atoms with Crippen LogP contribution in [0.4, 0.5) is 10.1 Å². The van der Waals surface area contributed by atoms with E-state index in [4.69, 9.17) is 4.74 Å². The van der Waals surface area contributed by atoms with Crippen LogP contribution in [0.25, 0.3) is 0 Å². The summed E-state index contributed by atoms with van der Waals surface area (Å²) < 4.78 is 19.8. The Morgan fingerprint density at radius 3 is 2.88 bits per heavy atom. The zero-order chi connectivity index (χ0) is 16.9. The molecule has 2 aromatic rings. The van der Waals surface area contributed by atoms with Crippen LogP contribution in [-0.4, -0.2) is 19.6 Å². The molecule has 0 saturated heterocycles. The van der Waals surface area contributed by atoms with Gasteiger partial charge in [-0.25, -0.2) is 4.39 Å². The smallest absolute Gasteiger partial charge is 0.224 e. The predicted octanol–water partition coefficient (Wildman–Crippen LogP) is 3.47. The Hall–Kier alpha value is -2.11. The number of rotatable bonds is 5. The van der Waals surface area contributed by atoms with Gasteiger partial charge in [-0.1, -0.05) is 24.3 Å². The minimum atomic E-state index is -0.306. The highest BCUT2D eigenvalue weighted by Crippen LogP contribution is 2.25. The second-order valence-electron chi connectivity index (χ2n) is 5.85. The van der Waals surface area contributed by atoms with Gasteiger partial charge in [-0.3, -0.25) is 4.79 Å². The summed E-state index contributed by atoms with van der Waals surface area (Å²) >= 11 is 0. The van der Waals surface area contributed by atoms with Crippen LogP contribution in [0.2, 0.25) is 0 Å². The van der Waals surface area contributed by atoms with Gasteiger partial charge < -0.3 is 15.4 Å². The molecular weight excluding hydrogens is 343 g/mol. The molecule has 134 valence electrons. The van der Waals surface area contributed by atoms with Gasteiger partial charge in [0.25, 0.3) is 0 Å². The van der Waals surface area contributed by atoms with Gasteiger partial charge in [-0.2, -0.15) is 0 Å². The number of anilines is 1. The molecule has 0 spiro atoms. The maximum atomic E-state index is 14.5. The van der Waals surface area contributed by atoms with E-state index in [1.165, 1.54) is 0 Å². The van der Waals surface area contributed by atoms with E-state index in [1.54, 1.807) is 13.2 Å². The van der Waals surface area contributed by atoms with Crippen LogP contribution in [0.3, 0.4) is 0 Å². The summed E-state index contributed by atoms with van der Waals surface area (Å²) in [4.78, 5) is 12.2. The Balaban J connectivity index is 0.00000225. The van der Waals surface area contributed by atoms with Crippen LogP contribution in [0.1, 0.15) is 23.1 Å². The van der Waals surface area contributed by atoms with E-state index in [-0.39, 0.29) is 36.2 Å². The van der Waals surface area contributed by atoms with Crippen molar-refractivity contribution in [3.8, 4) is 5.75 Å².